The van der Waals surface area contributed by atoms with Gasteiger partial charge in [-0.3, -0.25) is 9.69 Å². The van der Waals surface area contributed by atoms with Crippen LogP contribution in [0.2, 0.25) is 0 Å². The number of aliphatic hydroxyl groups excluding tert-OH is 1. The molecule has 1 saturated carbocycles. The van der Waals surface area contributed by atoms with Crippen LogP contribution in [-0.2, 0) is 9.53 Å². The highest BCUT2D eigenvalue weighted by Crippen LogP contribution is 2.26. The predicted molar refractivity (Wildman–Crippen MR) is 68.3 cm³/mol. The molecule has 0 aromatic carbocycles. The largest absolute Gasteiger partial charge is 0.395 e. The van der Waals surface area contributed by atoms with Crippen molar-refractivity contribution in [2.45, 2.75) is 31.7 Å². The van der Waals surface area contributed by atoms with Gasteiger partial charge in [0.25, 0.3) is 0 Å². The summed E-state index contributed by atoms with van der Waals surface area (Å²) >= 11 is 0. The first-order valence-corrected chi connectivity index (χ1v) is 7.01. The molecule has 0 radical (unpaired) electrons. The van der Waals surface area contributed by atoms with Gasteiger partial charge in [0.15, 0.2) is 0 Å². The summed E-state index contributed by atoms with van der Waals surface area (Å²) in [6.07, 6.45) is 4.01. The van der Waals surface area contributed by atoms with E-state index in [2.05, 4.69) is 4.90 Å². The van der Waals surface area contributed by atoms with Crippen LogP contribution in [0, 0.1) is 0 Å². The molecule has 0 aromatic heterocycles. The summed E-state index contributed by atoms with van der Waals surface area (Å²) in [4.78, 5) is 16.1. The van der Waals surface area contributed by atoms with E-state index in [0.29, 0.717) is 25.7 Å². The molecule has 2 aliphatic rings. The minimum Gasteiger partial charge on any atom is -0.395 e. The van der Waals surface area contributed by atoms with Crippen LogP contribution in [0.15, 0.2) is 0 Å². The van der Waals surface area contributed by atoms with Crippen LogP contribution in [0.4, 0.5) is 0 Å². The van der Waals surface area contributed by atoms with Crippen LogP contribution in [0.3, 0.4) is 0 Å². The molecule has 1 saturated heterocycles. The highest BCUT2D eigenvalue weighted by molar-refractivity contribution is 5.76. The lowest BCUT2D eigenvalue weighted by molar-refractivity contribution is -0.135. The van der Waals surface area contributed by atoms with E-state index in [9.17, 15) is 4.79 Å². The maximum atomic E-state index is 11.9. The van der Waals surface area contributed by atoms with Gasteiger partial charge in [-0.15, -0.1) is 0 Å². The number of ether oxygens (including phenoxy) is 1. The highest BCUT2D eigenvalue weighted by atomic mass is 16.5. The van der Waals surface area contributed by atoms with Crippen molar-refractivity contribution in [3.05, 3.63) is 0 Å². The Kier molecular flexibility index (Phi) is 5.41. The molecule has 1 N–H and O–H groups in total. The summed E-state index contributed by atoms with van der Waals surface area (Å²) in [5, 5.41) is 8.99. The van der Waals surface area contributed by atoms with Crippen molar-refractivity contribution in [2.24, 2.45) is 0 Å². The molecule has 0 bridgehead atoms. The summed E-state index contributed by atoms with van der Waals surface area (Å²) in [6.45, 7) is 4.71. The maximum absolute atomic E-state index is 11.9. The lowest BCUT2D eigenvalue weighted by Crippen LogP contribution is -2.41. The lowest BCUT2D eigenvalue weighted by Gasteiger charge is -2.27. The van der Waals surface area contributed by atoms with Crippen molar-refractivity contribution in [3.8, 4) is 0 Å². The van der Waals surface area contributed by atoms with Crippen molar-refractivity contribution in [1.29, 1.82) is 0 Å². The van der Waals surface area contributed by atoms with Gasteiger partial charge in [-0.2, -0.15) is 0 Å². The van der Waals surface area contributed by atoms with Gasteiger partial charge >= 0.3 is 0 Å². The second kappa shape index (κ2) is 7.07. The van der Waals surface area contributed by atoms with E-state index in [4.69, 9.17) is 9.84 Å². The summed E-state index contributed by atoms with van der Waals surface area (Å²) in [5.41, 5.74) is 0. The summed E-state index contributed by atoms with van der Waals surface area (Å²) in [7, 11) is 0. The summed E-state index contributed by atoms with van der Waals surface area (Å²) in [6, 6.07) is 0.663. The molecule has 18 heavy (non-hydrogen) atoms. The fourth-order valence-corrected chi connectivity index (χ4v) is 2.45. The van der Waals surface area contributed by atoms with Crippen molar-refractivity contribution in [3.63, 3.8) is 0 Å². The van der Waals surface area contributed by atoms with Crippen LogP contribution in [0.5, 0.6) is 0 Å². The number of nitrogens with zero attached hydrogens (tertiary/aromatic N) is 2. The fraction of sp³-hybridized carbons (Fsp3) is 0.923. The molecule has 1 aliphatic heterocycles. The van der Waals surface area contributed by atoms with Crippen LogP contribution in [0.25, 0.3) is 0 Å². The summed E-state index contributed by atoms with van der Waals surface area (Å²) in [5.74, 6) is 0.248. The minimum absolute atomic E-state index is 0.216. The third-order valence-corrected chi connectivity index (χ3v) is 3.65. The van der Waals surface area contributed by atoms with Gasteiger partial charge in [0.05, 0.1) is 19.8 Å². The first-order chi connectivity index (χ1) is 8.81. The average molecular weight is 256 g/mol. The van der Waals surface area contributed by atoms with Crippen molar-refractivity contribution in [2.75, 3.05) is 46.0 Å². The van der Waals surface area contributed by atoms with Gasteiger partial charge in [0.2, 0.25) is 5.91 Å². The minimum atomic E-state index is 0.216. The number of carbonyl (C=O) groups is 1. The third kappa shape index (κ3) is 4.23. The number of amides is 1. The zero-order chi connectivity index (χ0) is 12.8. The Hall–Kier alpha value is -0.650. The Morgan fingerprint density at radius 3 is 2.61 bits per heavy atom. The number of rotatable bonds is 7. The highest BCUT2D eigenvalue weighted by Gasteiger charge is 2.28. The molecular formula is C13H24N2O3. The second-order valence-corrected chi connectivity index (χ2v) is 5.09. The Labute approximate surface area is 109 Å². The molecule has 2 fully saturated rings. The SMILES string of the molecule is O=C(CCCN(CCO)C1CC1)N1CCOCC1. The zero-order valence-electron chi connectivity index (χ0n) is 11.0. The Morgan fingerprint density at radius 1 is 1.28 bits per heavy atom. The molecular weight excluding hydrogens is 232 g/mol. The molecule has 5 heteroatoms. The van der Waals surface area contributed by atoms with Gasteiger partial charge in [-0.05, 0) is 25.8 Å². The Bertz CT molecular complexity index is 263. The second-order valence-electron chi connectivity index (χ2n) is 5.09. The molecule has 1 aliphatic carbocycles. The monoisotopic (exact) mass is 256 g/mol. The molecule has 0 aromatic rings. The normalized spacial score (nSPS) is 20.4. The van der Waals surface area contributed by atoms with E-state index >= 15 is 0 Å². The molecule has 0 atom stereocenters. The van der Waals surface area contributed by atoms with Gasteiger partial charge in [-0.25, -0.2) is 0 Å². The van der Waals surface area contributed by atoms with Gasteiger partial charge in [0, 0.05) is 32.1 Å². The molecule has 0 unspecified atom stereocenters. The lowest BCUT2D eigenvalue weighted by atomic mass is 10.2. The van der Waals surface area contributed by atoms with Crippen LogP contribution in [0.1, 0.15) is 25.7 Å². The molecule has 5 nitrogen and oxygen atoms in total. The average Bonchev–Trinajstić information content (AvgIpc) is 3.23. The number of aliphatic hydroxyl groups is 1. The molecule has 2 rings (SSSR count). The van der Waals surface area contributed by atoms with Crippen LogP contribution < -0.4 is 0 Å². The van der Waals surface area contributed by atoms with Crippen molar-refractivity contribution in [1.82, 2.24) is 9.80 Å². The standard InChI is InChI=1S/C13H24N2O3/c16-9-6-14(12-3-4-12)5-1-2-13(17)15-7-10-18-11-8-15/h12,16H,1-11H2. The van der Waals surface area contributed by atoms with Crippen molar-refractivity contribution < 1.29 is 14.6 Å². The van der Waals surface area contributed by atoms with E-state index in [0.717, 1.165) is 32.6 Å². The summed E-state index contributed by atoms with van der Waals surface area (Å²) < 4.78 is 5.23. The van der Waals surface area contributed by atoms with E-state index < -0.39 is 0 Å². The third-order valence-electron chi connectivity index (χ3n) is 3.65. The first-order valence-electron chi connectivity index (χ1n) is 7.01. The zero-order valence-corrected chi connectivity index (χ0v) is 11.0. The van der Waals surface area contributed by atoms with E-state index in [1.165, 1.54) is 12.8 Å². The number of carbonyl (C=O) groups excluding carboxylic acids is 1. The molecule has 0 spiro atoms. The number of hydrogen-bond acceptors (Lipinski definition) is 4. The molecule has 104 valence electrons. The van der Waals surface area contributed by atoms with E-state index in [1.807, 2.05) is 4.90 Å². The van der Waals surface area contributed by atoms with Gasteiger partial charge < -0.3 is 14.7 Å². The van der Waals surface area contributed by atoms with Crippen LogP contribution in [-0.4, -0.2) is 72.9 Å². The Balaban J connectivity index is 1.62. The Morgan fingerprint density at radius 2 is 2.00 bits per heavy atom. The van der Waals surface area contributed by atoms with Gasteiger partial charge in [-0.1, -0.05) is 0 Å². The van der Waals surface area contributed by atoms with Gasteiger partial charge in [0.1, 0.15) is 0 Å². The molecule has 1 heterocycles. The van der Waals surface area contributed by atoms with E-state index in [1.54, 1.807) is 0 Å². The first kappa shape index (κ1) is 13.8. The smallest absolute Gasteiger partial charge is 0.222 e. The van der Waals surface area contributed by atoms with E-state index in [-0.39, 0.29) is 12.5 Å². The fourth-order valence-electron chi connectivity index (χ4n) is 2.45. The maximum Gasteiger partial charge on any atom is 0.222 e. The number of morpholine rings is 1. The topological polar surface area (TPSA) is 53.0 Å². The van der Waals surface area contributed by atoms with Crippen molar-refractivity contribution >= 4 is 5.91 Å². The van der Waals surface area contributed by atoms with Crippen LogP contribution >= 0.6 is 0 Å². The molecule has 1 amide bonds. The number of hydrogen-bond donors (Lipinski definition) is 1. The predicted octanol–water partition coefficient (Wildman–Crippen LogP) is 0.0821. The quantitative estimate of drug-likeness (QED) is 0.701.